The summed E-state index contributed by atoms with van der Waals surface area (Å²) in [5, 5.41) is 14.5. The van der Waals surface area contributed by atoms with Crippen molar-refractivity contribution >= 4 is 44.7 Å². The van der Waals surface area contributed by atoms with Gasteiger partial charge in [0.1, 0.15) is 9.71 Å². The molecule has 0 spiro atoms. The summed E-state index contributed by atoms with van der Waals surface area (Å²) in [7, 11) is 0. The molecule has 9 nitrogen and oxygen atoms in total. The second-order valence-corrected chi connectivity index (χ2v) is 8.23. The average Bonchev–Trinajstić information content (AvgIpc) is 3.12. The van der Waals surface area contributed by atoms with E-state index in [2.05, 4.69) is 10.3 Å². The molecule has 3 heterocycles. The van der Waals surface area contributed by atoms with E-state index < -0.39 is 10.8 Å². The molecule has 1 N–H and O–H groups in total. The first-order valence-electron chi connectivity index (χ1n) is 9.68. The van der Waals surface area contributed by atoms with E-state index in [0.29, 0.717) is 41.7 Å². The van der Waals surface area contributed by atoms with Gasteiger partial charge in [0.25, 0.3) is 17.5 Å². The summed E-state index contributed by atoms with van der Waals surface area (Å²) in [6, 6.07) is 7.23. The van der Waals surface area contributed by atoms with Gasteiger partial charge < -0.3 is 15.0 Å². The van der Waals surface area contributed by atoms with Crippen molar-refractivity contribution < 1.29 is 19.2 Å². The van der Waals surface area contributed by atoms with Crippen molar-refractivity contribution in [2.75, 3.05) is 31.6 Å². The molecule has 31 heavy (non-hydrogen) atoms. The molecule has 1 saturated heterocycles. The molecular formula is C21H20N4O5S. The van der Waals surface area contributed by atoms with E-state index >= 15 is 0 Å². The Morgan fingerprint density at radius 2 is 1.87 bits per heavy atom. The topological polar surface area (TPSA) is 115 Å². The molecule has 2 amide bonds. The molecule has 0 bridgehead atoms. The van der Waals surface area contributed by atoms with Crippen LogP contribution in [0.2, 0.25) is 0 Å². The number of aromatic nitrogens is 1. The number of ether oxygens (including phenoxy) is 1. The molecule has 1 fully saturated rings. The van der Waals surface area contributed by atoms with E-state index in [9.17, 15) is 19.7 Å². The van der Waals surface area contributed by atoms with Gasteiger partial charge in [0, 0.05) is 41.9 Å². The molecule has 1 aliphatic heterocycles. The van der Waals surface area contributed by atoms with E-state index in [4.69, 9.17) is 4.74 Å². The molecule has 160 valence electrons. The highest BCUT2D eigenvalue weighted by Crippen LogP contribution is 2.38. The van der Waals surface area contributed by atoms with Crippen molar-refractivity contribution in [2.24, 2.45) is 0 Å². The van der Waals surface area contributed by atoms with E-state index in [0.717, 1.165) is 16.6 Å². The molecule has 0 radical (unpaired) electrons. The van der Waals surface area contributed by atoms with E-state index in [-0.39, 0.29) is 17.2 Å². The second-order valence-electron chi connectivity index (χ2n) is 7.23. The first-order chi connectivity index (χ1) is 14.8. The highest BCUT2D eigenvalue weighted by molar-refractivity contribution is 7.21. The Bertz CT molecular complexity index is 1180. The Hall–Kier alpha value is -3.37. The van der Waals surface area contributed by atoms with E-state index in [1.54, 1.807) is 4.90 Å². The highest BCUT2D eigenvalue weighted by atomic mass is 32.1. The summed E-state index contributed by atoms with van der Waals surface area (Å²) in [6.45, 7) is 5.69. The van der Waals surface area contributed by atoms with Crippen LogP contribution in [0.4, 0.5) is 11.4 Å². The minimum Gasteiger partial charge on any atom is -0.378 e. The van der Waals surface area contributed by atoms with Crippen LogP contribution in [0.1, 0.15) is 31.3 Å². The Balaban J connectivity index is 1.74. The maximum atomic E-state index is 13.3. The molecule has 0 unspecified atom stereocenters. The van der Waals surface area contributed by atoms with Crippen molar-refractivity contribution in [2.45, 2.75) is 13.8 Å². The molecular weight excluding hydrogens is 420 g/mol. The maximum Gasteiger partial charge on any atom is 0.269 e. The van der Waals surface area contributed by atoms with Crippen molar-refractivity contribution in [3.05, 3.63) is 62.1 Å². The smallest absolute Gasteiger partial charge is 0.269 e. The molecule has 4 rings (SSSR count). The second kappa shape index (κ2) is 8.40. The number of morpholine rings is 1. The number of anilines is 1. The fourth-order valence-electron chi connectivity index (χ4n) is 3.54. The number of nitro groups is 1. The lowest BCUT2D eigenvalue weighted by Gasteiger charge is -2.26. The first kappa shape index (κ1) is 20.9. The van der Waals surface area contributed by atoms with Gasteiger partial charge in [-0.15, -0.1) is 11.3 Å². The summed E-state index contributed by atoms with van der Waals surface area (Å²) in [5.41, 5.74) is 2.30. The normalized spacial score (nSPS) is 13.9. The molecule has 0 aliphatic carbocycles. The number of benzene rings is 1. The number of rotatable bonds is 4. The minimum absolute atomic E-state index is 0.101. The van der Waals surface area contributed by atoms with Crippen molar-refractivity contribution in [1.29, 1.82) is 0 Å². The van der Waals surface area contributed by atoms with Gasteiger partial charge in [0.15, 0.2) is 0 Å². The molecule has 2 aromatic heterocycles. The standard InChI is InChI=1S/C21H20N4O5S/c1-12-11-13(2)22-20-16(12)17(18(31-20)21(27)24-7-9-30-10-8-24)23-19(26)14-3-5-15(6-4-14)25(28)29/h3-6,11H,7-10H2,1-2H3,(H,23,26). The number of hydrogen-bond donors (Lipinski definition) is 1. The molecule has 0 saturated carbocycles. The SMILES string of the molecule is Cc1cc(C)c2c(NC(=O)c3ccc([N+](=O)[O-])cc3)c(C(=O)N3CCOCC3)sc2n1. The van der Waals surface area contributed by atoms with Gasteiger partial charge in [0.2, 0.25) is 0 Å². The monoisotopic (exact) mass is 440 g/mol. The lowest BCUT2D eigenvalue weighted by Crippen LogP contribution is -2.40. The number of nitro benzene ring substituents is 1. The number of nitrogens with one attached hydrogen (secondary N) is 1. The van der Waals surface area contributed by atoms with Crippen LogP contribution < -0.4 is 5.32 Å². The average molecular weight is 440 g/mol. The number of aryl methyl sites for hydroxylation is 2. The van der Waals surface area contributed by atoms with Crippen LogP contribution in [0.15, 0.2) is 30.3 Å². The Morgan fingerprint density at radius 1 is 1.19 bits per heavy atom. The summed E-state index contributed by atoms with van der Waals surface area (Å²) in [4.78, 5) is 43.9. The van der Waals surface area contributed by atoms with Gasteiger partial charge in [-0.05, 0) is 37.6 Å². The van der Waals surface area contributed by atoms with Gasteiger partial charge in [-0.1, -0.05) is 0 Å². The van der Waals surface area contributed by atoms with Gasteiger partial charge in [-0.25, -0.2) is 4.98 Å². The van der Waals surface area contributed by atoms with Crippen LogP contribution in [-0.4, -0.2) is 52.9 Å². The third-order valence-corrected chi connectivity index (χ3v) is 6.13. The number of carbonyl (C=O) groups excluding carboxylic acids is 2. The van der Waals surface area contributed by atoms with E-state index in [1.807, 2.05) is 19.9 Å². The number of nitrogens with zero attached hydrogens (tertiary/aromatic N) is 3. The van der Waals surface area contributed by atoms with Crippen LogP contribution in [-0.2, 0) is 4.74 Å². The molecule has 10 heteroatoms. The summed E-state index contributed by atoms with van der Waals surface area (Å²) < 4.78 is 5.34. The third-order valence-electron chi connectivity index (χ3n) is 5.06. The predicted molar refractivity (Wildman–Crippen MR) is 117 cm³/mol. The largest absolute Gasteiger partial charge is 0.378 e. The third kappa shape index (κ3) is 4.12. The highest BCUT2D eigenvalue weighted by Gasteiger charge is 2.27. The zero-order valence-corrected chi connectivity index (χ0v) is 17.8. The van der Waals surface area contributed by atoms with E-state index in [1.165, 1.54) is 35.6 Å². The molecule has 3 aromatic rings. The van der Waals surface area contributed by atoms with Crippen LogP contribution in [0.3, 0.4) is 0 Å². The van der Waals surface area contributed by atoms with Gasteiger partial charge >= 0.3 is 0 Å². The predicted octanol–water partition coefficient (Wildman–Crippen LogP) is 3.55. The van der Waals surface area contributed by atoms with Crippen molar-refractivity contribution in [1.82, 2.24) is 9.88 Å². The lowest BCUT2D eigenvalue weighted by molar-refractivity contribution is -0.384. The summed E-state index contributed by atoms with van der Waals surface area (Å²) in [5.74, 6) is -0.632. The quantitative estimate of drug-likeness (QED) is 0.490. The van der Waals surface area contributed by atoms with Gasteiger partial charge in [-0.2, -0.15) is 0 Å². The van der Waals surface area contributed by atoms with Crippen molar-refractivity contribution in [3.8, 4) is 0 Å². The first-order valence-corrected chi connectivity index (χ1v) is 10.5. The van der Waals surface area contributed by atoms with Crippen LogP contribution >= 0.6 is 11.3 Å². The van der Waals surface area contributed by atoms with Crippen LogP contribution in [0, 0.1) is 24.0 Å². The summed E-state index contributed by atoms with van der Waals surface area (Å²) >= 11 is 1.25. The Morgan fingerprint density at radius 3 is 2.52 bits per heavy atom. The Kier molecular flexibility index (Phi) is 5.66. The van der Waals surface area contributed by atoms with Crippen LogP contribution in [0.5, 0.6) is 0 Å². The number of non-ortho nitro benzene ring substituents is 1. The molecule has 0 atom stereocenters. The zero-order valence-electron chi connectivity index (χ0n) is 17.0. The number of fused-ring (bicyclic) bond motifs is 1. The maximum absolute atomic E-state index is 13.3. The number of pyridine rings is 1. The van der Waals surface area contributed by atoms with Gasteiger partial charge in [0.05, 0.1) is 23.8 Å². The van der Waals surface area contributed by atoms with Crippen LogP contribution in [0.25, 0.3) is 10.2 Å². The molecule has 1 aliphatic rings. The fraction of sp³-hybridized carbons (Fsp3) is 0.286. The molecule has 1 aromatic carbocycles. The number of hydrogen-bond acceptors (Lipinski definition) is 7. The lowest BCUT2D eigenvalue weighted by atomic mass is 10.1. The number of thiophene rings is 1. The number of amides is 2. The van der Waals surface area contributed by atoms with Gasteiger partial charge in [-0.3, -0.25) is 19.7 Å². The minimum atomic E-state index is -0.523. The number of carbonyl (C=O) groups is 2. The summed E-state index contributed by atoms with van der Waals surface area (Å²) in [6.07, 6.45) is 0. The zero-order chi connectivity index (χ0) is 22.1. The van der Waals surface area contributed by atoms with Crippen molar-refractivity contribution in [3.63, 3.8) is 0 Å². The fourth-order valence-corrected chi connectivity index (χ4v) is 4.76. The Labute approximate surface area is 181 Å².